The van der Waals surface area contributed by atoms with E-state index < -0.39 is 0 Å². The van der Waals surface area contributed by atoms with Gasteiger partial charge in [-0.05, 0) is 303 Å². The Bertz CT molecular complexity index is 6110. The van der Waals surface area contributed by atoms with Gasteiger partial charge in [-0.1, -0.05) is 174 Å². The van der Waals surface area contributed by atoms with Gasteiger partial charge in [-0.25, -0.2) is 0 Å². The number of rotatable bonds is 34. The molecule has 21 heteroatoms. The minimum absolute atomic E-state index is 0.00993. The van der Waals surface area contributed by atoms with Gasteiger partial charge in [-0.15, -0.1) is 0 Å². The molecule has 6 amide bonds. The van der Waals surface area contributed by atoms with E-state index in [1.807, 2.05) is 77.9 Å². The number of nitrogens with zero attached hydrogens (tertiary/aromatic N) is 8. The number of hydrogen-bond donors (Lipinski definition) is 6. The van der Waals surface area contributed by atoms with Crippen LogP contribution in [0.2, 0.25) is 0 Å². The van der Waals surface area contributed by atoms with Crippen LogP contribution in [0, 0.1) is 34.5 Å². The van der Waals surface area contributed by atoms with Crippen LogP contribution in [-0.4, -0.2) is 195 Å². The molecule has 4 aliphatic rings. The van der Waals surface area contributed by atoms with Gasteiger partial charge in [0.25, 0.3) is 23.6 Å². The SMILES string of the molecule is CCCCCn1c2ccccc2c2cc(C(=O)NCC3CCN(CC(=O)CC(C)(C)C)C3)ccc21.CCCCCn1c2ccccc2c2cc(C(=O)NCC3CCN(CCC(C)(C)C)CC3)ccc21.CCCCn1c2ccccc2c2cc(C(=O)NCC3CCN(CC(=O)NC(C)(C)C)CC3)ccc21.CCCn1c2ccccc2c2cc(C(=O)NCC3CCN(CC(=O)NC(C)(C)C)CC3)ccc21. The lowest BCUT2D eigenvalue weighted by atomic mass is 9.90. The molecule has 0 bridgehead atoms. The van der Waals surface area contributed by atoms with E-state index in [0.717, 1.165) is 165 Å². The zero-order valence-electron chi connectivity index (χ0n) is 86.3. The molecule has 8 aromatic carbocycles. The van der Waals surface area contributed by atoms with Crippen molar-refractivity contribution in [2.24, 2.45) is 34.5 Å². The van der Waals surface area contributed by atoms with Crippen LogP contribution >= 0.6 is 0 Å². The summed E-state index contributed by atoms with van der Waals surface area (Å²) in [7, 11) is 0. The molecule has 0 aliphatic carbocycles. The molecule has 0 saturated carbocycles. The summed E-state index contributed by atoms with van der Waals surface area (Å²) in [6.07, 6.45) is 19.8. The molecule has 138 heavy (non-hydrogen) atoms. The number of unbranched alkanes of at least 4 members (excludes halogenated alkanes) is 5. The number of aromatic nitrogens is 4. The highest BCUT2D eigenvalue weighted by Gasteiger charge is 2.31. The molecule has 8 heterocycles. The second-order valence-corrected chi connectivity index (χ2v) is 44.5. The number of fused-ring (bicyclic) bond motifs is 12. The van der Waals surface area contributed by atoms with E-state index in [1.54, 1.807) is 0 Å². The van der Waals surface area contributed by atoms with Crippen molar-refractivity contribution in [3.63, 3.8) is 0 Å². The van der Waals surface area contributed by atoms with Gasteiger partial charge < -0.3 is 55.1 Å². The van der Waals surface area contributed by atoms with E-state index in [2.05, 4.69) is 272 Å². The first-order chi connectivity index (χ1) is 66.1. The van der Waals surface area contributed by atoms with E-state index >= 15 is 0 Å². The zero-order chi connectivity index (χ0) is 98.4. The largest absolute Gasteiger partial charge is 0.352 e. The van der Waals surface area contributed by atoms with Gasteiger partial charge in [0.1, 0.15) is 5.78 Å². The summed E-state index contributed by atoms with van der Waals surface area (Å²) in [6.45, 7) is 51.2. The summed E-state index contributed by atoms with van der Waals surface area (Å²) in [6, 6.07) is 58.5. The van der Waals surface area contributed by atoms with Crippen molar-refractivity contribution < 1.29 is 33.6 Å². The van der Waals surface area contributed by atoms with Crippen LogP contribution in [-0.2, 0) is 40.6 Å². The molecule has 0 spiro atoms. The molecule has 12 aromatic rings. The molecular weight excluding hydrogens is 1710 g/mol. The number of Topliss-reactive ketones (excluding diaryl/α,β-unsaturated/α-hetero) is 1. The molecule has 4 aliphatic heterocycles. The lowest BCUT2D eigenvalue weighted by Crippen LogP contribution is -2.48. The van der Waals surface area contributed by atoms with Crippen LogP contribution in [0.4, 0.5) is 0 Å². The van der Waals surface area contributed by atoms with Gasteiger partial charge in [0.15, 0.2) is 0 Å². The lowest BCUT2D eigenvalue weighted by Gasteiger charge is -2.33. The van der Waals surface area contributed by atoms with Gasteiger partial charge >= 0.3 is 0 Å². The maximum atomic E-state index is 13.0. The lowest BCUT2D eigenvalue weighted by molar-refractivity contribution is -0.124. The maximum absolute atomic E-state index is 13.0. The first kappa shape index (κ1) is 105. The number of piperidine rings is 3. The summed E-state index contributed by atoms with van der Waals surface area (Å²) < 4.78 is 9.55. The van der Waals surface area contributed by atoms with Crippen molar-refractivity contribution in [1.29, 1.82) is 0 Å². The molecule has 4 saturated heterocycles. The molecule has 4 fully saturated rings. The molecule has 4 aromatic heterocycles. The fraction of sp³-hybridized carbons (Fsp3) is 0.530. The molecule has 1 unspecified atom stereocenters. The monoisotopic (exact) mass is 1880 g/mol. The van der Waals surface area contributed by atoms with Gasteiger partial charge in [0, 0.05) is 186 Å². The Morgan fingerprint density at radius 3 is 0.891 bits per heavy atom. The Morgan fingerprint density at radius 2 is 0.580 bits per heavy atom. The summed E-state index contributed by atoms with van der Waals surface area (Å²) in [5.74, 6) is 2.35. The minimum Gasteiger partial charge on any atom is -0.352 e. The van der Waals surface area contributed by atoms with Crippen LogP contribution in [0.3, 0.4) is 0 Å². The highest BCUT2D eigenvalue weighted by Crippen LogP contribution is 2.37. The number of hydrogen-bond acceptors (Lipinski definition) is 11. The van der Waals surface area contributed by atoms with Crippen molar-refractivity contribution in [3.05, 3.63) is 192 Å². The molecule has 1 atom stereocenters. The Morgan fingerprint density at radius 1 is 0.290 bits per heavy atom. The number of nitrogens with one attached hydrogen (secondary N) is 6. The fourth-order valence-corrected chi connectivity index (χ4v) is 20.7. The quantitative estimate of drug-likeness (QED) is 0.0208. The number of ketones is 1. The number of amides is 6. The van der Waals surface area contributed by atoms with Crippen LogP contribution in [0.5, 0.6) is 0 Å². The van der Waals surface area contributed by atoms with Crippen LogP contribution in [0.15, 0.2) is 170 Å². The van der Waals surface area contributed by atoms with E-state index in [4.69, 9.17) is 0 Å². The maximum Gasteiger partial charge on any atom is 0.251 e. The summed E-state index contributed by atoms with van der Waals surface area (Å²) in [5, 5.41) is 28.2. The van der Waals surface area contributed by atoms with E-state index in [1.165, 1.54) is 129 Å². The van der Waals surface area contributed by atoms with Crippen molar-refractivity contribution in [3.8, 4) is 0 Å². The van der Waals surface area contributed by atoms with Gasteiger partial charge in [0.2, 0.25) is 11.8 Å². The fourth-order valence-electron chi connectivity index (χ4n) is 20.7. The van der Waals surface area contributed by atoms with Crippen molar-refractivity contribution in [2.75, 3.05) is 105 Å². The van der Waals surface area contributed by atoms with Crippen molar-refractivity contribution in [2.45, 2.75) is 264 Å². The Hall–Kier alpha value is -10.7. The van der Waals surface area contributed by atoms with Crippen molar-refractivity contribution >= 4 is 128 Å². The number of aryl methyl sites for hydroxylation is 4. The number of carbonyl (C=O) groups is 7. The topological polar surface area (TPSA) is 224 Å². The molecule has 21 nitrogen and oxygen atoms in total. The second-order valence-electron chi connectivity index (χ2n) is 44.5. The Balaban J connectivity index is 0.000000155. The first-order valence-electron chi connectivity index (χ1n) is 52.3. The number of likely N-dealkylation sites (tertiary alicyclic amines) is 4. The third kappa shape index (κ3) is 29.0. The number of para-hydroxylation sites is 4. The van der Waals surface area contributed by atoms with Gasteiger partial charge in [0.05, 0.1) is 19.6 Å². The summed E-state index contributed by atoms with van der Waals surface area (Å²) in [4.78, 5) is 98.0. The molecule has 6 N–H and O–H groups in total. The summed E-state index contributed by atoms with van der Waals surface area (Å²) in [5.41, 5.74) is 12.7. The zero-order valence-corrected chi connectivity index (χ0v) is 86.3. The molecule has 0 radical (unpaired) electrons. The second kappa shape index (κ2) is 48.4. The Labute approximate surface area is 821 Å². The third-order valence-corrected chi connectivity index (χ3v) is 28.1. The average Bonchev–Trinajstić information content (AvgIpc) is 1.62. The predicted molar refractivity (Wildman–Crippen MR) is 572 cm³/mol. The smallest absolute Gasteiger partial charge is 0.251 e. The van der Waals surface area contributed by atoms with Gasteiger partial charge in [-0.2, -0.15) is 0 Å². The van der Waals surface area contributed by atoms with Gasteiger partial charge in [-0.3, -0.25) is 48.3 Å². The van der Waals surface area contributed by atoms with E-state index in [9.17, 15) is 33.6 Å². The predicted octanol–water partition coefficient (Wildman–Crippen LogP) is 22.4. The van der Waals surface area contributed by atoms with Crippen molar-refractivity contribution in [1.82, 2.24) is 69.8 Å². The standard InChI is InChI=1S/C30H41N3O2.C30H43N3O.C29H40N4O2.C28H38N4O2/c1-5-6-9-15-33-27-11-8-7-10-25(27)26-17-23(12-13-28(26)33)29(35)31-19-22-14-16-32(20-22)21-24(34)18-30(2,3)4;1-5-6-9-17-33-27-11-8-7-10-25(27)26-21-24(12-13-28(26)33)29(34)31-22-23-14-18-32(19-15-23)20-16-30(2,3)4;1-5-6-15-33-25-10-8-7-9-23(25)24-18-22(11-12-26(24)33)28(35)30-19-21-13-16-32(17-14-21)20-27(34)31-29(2,3)4;1-5-14-32-24-9-7-6-8-22(24)23-17-21(10-11-25(23)32)27(34)29-18-20-12-15-31(16-13-20)19-26(33)30-28(2,3)4/h7-8,10-13,17,22H,5-6,9,14-16,18-21H2,1-4H3,(H,31,35);7-8,10-13,21,23H,5-6,9,14-20,22H2,1-4H3,(H,31,34);7-12,18,21H,5-6,13-17,19-20H2,1-4H3,(H,30,35)(H,31,34);6-11,17,20H,5,12-16,18-19H2,1-4H3,(H,29,34)(H,30,33). The van der Waals surface area contributed by atoms with Crippen LogP contribution in [0.1, 0.15) is 268 Å². The summed E-state index contributed by atoms with van der Waals surface area (Å²) >= 11 is 0. The van der Waals surface area contributed by atoms with E-state index in [0.29, 0.717) is 97.2 Å². The minimum atomic E-state index is -0.201. The number of benzene rings is 8. The van der Waals surface area contributed by atoms with E-state index in [-0.39, 0.29) is 51.9 Å². The van der Waals surface area contributed by atoms with Crippen LogP contribution in [0.25, 0.3) is 87.2 Å². The molecule has 16 rings (SSSR count). The average molecular weight is 1880 g/mol. The Kier molecular flexibility index (Phi) is 36.7. The highest BCUT2D eigenvalue weighted by molar-refractivity contribution is 6.14. The highest BCUT2D eigenvalue weighted by atomic mass is 16.2. The van der Waals surface area contributed by atoms with Crippen LogP contribution < -0.4 is 31.9 Å². The third-order valence-electron chi connectivity index (χ3n) is 28.1. The normalized spacial score (nSPS) is 16.0. The number of carbonyl (C=O) groups excluding carboxylic acids is 7. The molecule has 742 valence electrons. The first-order valence-corrected chi connectivity index (χ1v) is 52.3. The molecular formula is C117H162N14O7.